The van der Waals surface area contributed by atoms with Gasteiger partial charge < -0.3 is 14.2 Å². The van der Waals surface area contributed by atoms with Gasteiger partial charge in [-0.3, -0.25) is 0 Å². The van der Waals surface area contributed by atoms with E-state index < -0.39 is 11.2 Å². The Bertz CT molecular complexity index is 895. The highest BCUT2D eigenvalue weighted by Gasteiger charge is 2.22. The Morgan fingerprint density at radius 2 is 2.00 bits per heavy atom. The molecule has 1 atom stereocenters. The van der Waals surface area contributed by atoms with Gasteiger partial charge in [0, 0.05) is 60.5 Å². The minimum atomic E-state index is -1.31. The summed E-state index contributed by atoms with van der Waals surface area (Å²) >= 11 is -1.31. The van der Waals surface area contributed by atoms with Gasteiger partial charge in [-0.15, -0.1) is 0 Å². The van der Waals surface area contributed by atoms with Crippen LogP contribution >= 0.6 is 0 Å². The maximum Gasteiger partial charge on any atom is 0.329 e. The molecule has 0 amide bonds. The first-order chi connectivity index (χ1) is 12.5. The van der Waals surface area contributed by atoms with E-state index in [1.807, 2.05) is 62.3 Å². The van der Waals surface area contributed by atoms with Crippen LogP contribution in [0.5, 0.6) is 5.75 Å². The first kappa shape index (κ1) is 18.3. The molecule has 0 aliphatic heterocycles. The average Bonchev–Trinajstić information content (AvgIpc) is 3.11. The van der Waals surface area contributed by atoms with Gasteiger partial charge in [-0.25, -0.2) is 9.55 Å². The number of ether oxygens (including phenoxy) is 1. The number of methoxy groups -OCH3 is 1. The lowest BCUT2D eigenvalue weighted by Gasteiger charge is -2.18. The molecular weight excluding hydrogens is 348 g/mol. The molecule has 6 nitrogen and oxygen atoms in total. The number of benzene rings is 1. The molecule has 0 spiro atoms. The zero-order chi connectivity index (χ0) is 18.7. The molecule has 0 radical (unpaired) electrons. The van der Waals surface area contributed by atoms with E-state index in [0.717, 1.165) is 16.9 Å². The van der Waals surface area contributed by atoms with E-state index >= 15 is 0 Å². The van der Waals surface area contributed by atoms with Crippen molar-refractivity contribution in [3.8, 4) is 11.6 Å². The molecular formula is C19H22N4O2S. The van der Waals surface area contributed by atoms with Crippen LogP contribution in [0, 0.1) is 6.92 Å². The molecule has 0 bridgehead atoms. The molecule has 0 aliphatic rings. The number of nitrogens with zero attached hydrogens (tertiary/aromatic N) is 4. The third kappa shape index (κ3) is 3.84. The number of para-hydroxylation sites is 1. The zero-order valence-electron chi connectivity index (χ0n) is 15.3. The SMILES string of the molecule is COc1cc(C)nc(-n2ccnc2[S+]([O-])Cc2ccccc2N(C)C)c1. The number of imidazole rings is 1. The molecule has 3 aromatic rings. The van der Waals surface area contributed by atoms with Crippen LogP contribution in [0.15, 0.2) is 53.9 Å². The molecule has 0 saturated carbocycles. The van der Waals surface area contributed by atoms with Gasteiger partial charge >= 0.3 is 5.16 Å². The van der Waals surface area contributed by atoms with Crippen molar-refractivity contribution in [2.45, 2.75) is 17.8 Å². The van der Waals surface area contributed by atoms with Crippen LogP contribution in [0.2, 0.25) is 0 Å². The van der Waals surface area contributed by atoms with E-state index in [1.54, 1.807) is 24.1 Å². The largest absolute Gasteiger partial charge is 0.609 e. The first-order valence-electron chi connectivity index (χ1n) is 8.19. The van der Waals surface area contributed by atoms with E-state index in [4.69, 9.17) is 4.74 Å². The Balaban J connectivity index is 1.93. The van der Waals surface area contributed by atoms with Gasteiger partial charge in [0.2, 0.25) is 0 Å². The number of aromatic nitrogens is 3. The minimum Gasteiger partial charge on any atom is -0.609 e. The van der Waals surface area contributed by atoms with Gasteiger partial charge in [0.15, 0.2) is 0 Å². The summed E-state index contributed by atoms with van der Waals surface area (Å²) in [5, 5.41) is 0.471. The van der Waals surface area contributed by atoms with E-state index in [0.29, 0.717) is 22.5 Å². The predicted octanol–water partition coefficient (Wildman–Crippen LogP) is 2.96. The maximum absolute atomic E-state index is 13.0. The number of rotatable bonds is 6. The number of anilines is 1. The predicted molar refractivity (Wildman–Crippen MR) is 104 cm³/mol. The normalized spacial score (nSPS) is 12.0. The van der Waals surface area contributed by atoms with Crippen LogP contribution in [0.3, 0.4) is 0 Å². The molecule has 1 aromatic carbocycles. The van der Waals surface area contributed by atoms with E-state index in [1.165, 1.54) is 0 Å². The fourth-order valence-electron chi connectivity index (χ4n) is 2.77. The van der Waals surface area contributed by atoms with Gasteiger partial charge in [-0.1, -0.05) is 18.2 Å². The van der Waals surface area contributed by atoms with Crippen molar-refractivity contribution >= 4 is 16.9 Å². The molecule has 0 N–H and O–H groups in total. The number of aryl methyl sites for hydroxylation is 1. The third-order valence-electron chi connectivity index (χ3n) is 3.97. The Morgan fingerprint density at radius 1 is 1.23 bits per heavy atom. The van der Waals surface area contributed by atoms with Crippen LogP contribution in [-0.2, 0) is 16.9 Å². The molecule has 136 valence electrons. The quantitative estimate of drug-likeness (QED) is 0.624. The highest BCUT2D eigenvalue weighted by atomic mass is 32.2. The zero-order valence-corrected chi connectivity index (χ0v) is 16.2. The second kappa shape index (κ2) is 7.80. The second-order valence-electron chi connectivity index (χ2n) is 6.10. The molecule has 2 aromatic heterocycles. The fourth-order valence-corrected chi connectivity index (χ4v) is 3.98. The summed E-state index contributed by atoms with van der Waals surface area (Å²) in [5.41, 5.74) is 2.89. The van der Waals surface area contributed by atoms with Crippen molar-refractivity contribution in [3.63, 3.8) is 0 Å². The van der Waals surface area contributed by atoms with Crippen molar-refractivity contribution < 1.29 is 9.29 Å². The fraction of sp³-hybridized carbons (Fsp3) is 0.263. The van der Waals surface area contributed by atoms with Crippen molar-refractivity contribution in [2.75, 3.05) is 26.1 Å². The Kier molecular flexibility index (Phi) is 5.49. The van der Waals surface area contributed by atoms with Gasteiger partial charge in [0.25, 0.3) is 0 Å². The monoisotopic (exact) mass is 370 g/mol. The molecule has 1 unspecified atom stereocenters. The Labute approximate surface area is 156 Å². The number of pyridine rings is 1. The topological polar surface area (TPSA) is 66.2 Å². The van der Waals surface area contributed by atoms with Crippen LogP contribution in [-0.4, -0.2) is 40.3 Å². The lowest BCUT2D eigenvalue weighted by molar-refractivity contribution is 0.413. The molecule has 0 aliphatic carbocycles. The molecule has 2 heterocycles. The van der Waals surface area contributed by atoms with E-state index in [9.17, 15) is 4.55 Å². The maximum atomic E-state index is 13.0. The summed E-state index contributed by atoms with van der Waals surface area (Å²) in [6.45, 7) is 1.90. The standard InChI is InChI=1S/C19H22N4O2S/c1-14-11-16(25-4)12-18(21-14)23-10-9-20-19(23)26(24)13-15-7-5-6-8-17(15)22(2)3/h5-12H,13H2,1-4H3. The Hall–Kier alpha value is -2.51. The third-order valence-corrected chi connectivity index (χ3v) is 5.25. The molecule has 3 rings (SSSR count). The summed E-state index contributed by atoms with van der Waals surface area (Å²) in [7, 11) is 5.57. The number of hydrogen-bond donors (Lipinski definition) is 0. The van der Waals surface area contributed by atoms with Crippen LogP contribution in [0.1, 0.15) is 11.3 Å². The second-order valence-corrected chi connectivity index (χ2v) is 7.44. The lowest BCUT2D eigenvalue weighted by Crippen LogP contribution is -2.16. The van der Waals surface area contributed by atoms with Crippen LogP contribution < -0.4 is 9.64 Å². The van der Waals surface area contributed by atoms with Crippen molar-refractivity contribution in [1.29, 1.82) is 0 Å². The highest BCUT2D eigenvalue weighted by molar-refractivity contribution is 7.90. The minimum absolute atomic E-state index is 0.383. The van der Waals surface area contributed by atoms with Gasteiger partial charge in [-0.2, -0.15) is 4.98 Å². The molecule has 0 saturated heterocycles. The number of hydrogen-bond acceptors (Lipinski definition) is 5. The smallest absolute Gasteiger partial charge is 0.329 e. The van der Waals surface area contributed by atoms with Gasteiger partial charge in [-0.05, 0) is 13.0 Å². The summed E-state index contributed by atoms with van der Waals surface area (Å²) < 4.78 is 20.1. The highest BCUT2D eigenvalue weighted by Crippen LogP contribution is 2.25. The molecule has 0 fully saturated rings. The van der Waals surface area contributed by atoms with Gasteiger partial charge in [0.05, 0.1) is 13.3 Å². The lowest BCUT2D eigenvalue weighted by atomic mass is 10.2. The average molecular weight is 370 g/mol. The van der Waals surface area contributed by atoms with E-state index in [-0.39, 0.29) is 0 Å². The summed E-state index contributed by atoms with van der Waals surface area (Å²) in [6.07, 6.45) is 3.41. The van der Waals surface area contributed by atoms with Crippen molar-refractivity contribution in [3.05, 3.63) is 60.0 Å². The van der Waals surface area contributed by atoms with E-state index in [2.05, 4.69) is 9.97 Å². The first-order valence-corrected chi connectivity index (χ1v) is 9.51. The van der Waals surface area contributed by atoms with Crippen LogP contribution in [0.25, 0.3) is 5.82 Å². The summed E-state index contributed by atoms with van der Waals surface area (Å²) in [6, 6.07) is 11.6. The summed E-state index contributed by atoms with van der Waals surface area (Å²) in [5.74, 6) is 1.73. The molecule has 7 heteroatoms. The Morgan fingerprint density at radius 3 is 2.73 bits per heavy atom. The van der Waals surface area contributed by atoms with Gasteiger partial charge in [0.1, 0.15) is 17.3 Å². The summed E-state index contributed by atoms with van der Waals surface area (Å²) in [4.78, 5) is 10.9. The van der Waals surface area contributed by atoms with Crippen LogP contribution in [0.4, 0.5) is 5.69 Å². The molecule has 26 heavy (non-hydrogen) atoms. The van der Waals surface area contributed by atoms with Crippen molar-refractivity contribution in [2.24, 2.45) is 0 Å². The van der Waals surface area contributed by atoms with Crippen molar-refractivity contribution in [1.82, 2.24) is 14.5 Å².